The van der Waals surface area contributed by atoms with Gasteiger partial charge in [0.15, 0.2) is 0 Å². The Morgan fingerprint density at radius 1 is 1.15 bits per heavy atom. The molecular weight excluding hydrogens is 432 g/mol. The highest BCUT2D eigenvalue weighted by atomic mass is 32.1. The maximum Gasteiger partial charge on any atom is 0.241 e. The van der Waals surface area contributed by atoms with Gasteiger partial charge in [-0.15, -0.1) is 11.3 Å². The van der Waals surface area contributed by atoms with Gasteiger partial charge in [0.25, 0.3) is 0 Å². The summed E-state index contributed by atoms with van der Waals surface area (Å²) in [7, 11) is 0. The van der Waals surface area contributed by atoms with Crippen molar-refractivity contribution in [2.45, 2.75) is 38.3 Å². The number of aromatic nitrogens is 1. The summed E-state index contributed by atoms with van der Waals surface area (Å²) in [5.74, 6) is 0.0569. The molecule has 33 heavy (non-hydrogen) atoms. The average Bonchev–Trinajstić information content (AvgIpc) is 3.49. The number of anilines is 1. The Kier molecular flexibility index (Phi) is 7.02. The number of amides is 1. The number of fused-ring (bicyclic) bond motifs is 1. The number of carbonyl (C=O) groups excluding carboxylic acids is 1. The van der Waals surface area contributed by atoms with Crippen molar-refractivity contribution in [2.75, 3.05) is 44.6 Å². The second-order valence-corrected chi connectivity index (χ2v) is 10.2. The molecule has 2 fully saturated rings. The van der Waals surface area contributed by atoms with Gasteiger partial charge in [0.1, 0.15) is 0 Å². The lowest BCUT2D eigenvalue weighted by Crippen LogP contribution is -2.53. The molecule has 3 aromatic rings. The number of carbonyl (C=O) groups is 1. The summed E-state index contributed by atoms with van der Waals surface area (Å²) in [6.07, 6.45) is 3.57. The highest BCUT2D eigenvalue weighted by Crippen LogP contribution is 2.24. The third kappa shape index (κ3) is 5.61. The van der Waals surface area contributed by atoms with Crippen molar-refractivity contribution in [2.24, 2.45) is 0 Å². The molecule has 1 aromatic heterocycles. The first-order valence-corrected chi connectivity index (χ1v) is 12.8. The van der Waals surface area contributed by atoms with Gasteiger partial charge in [-0.3, -0.25) is 14.6 Å². The molecule has 2 aliphatic rings. The fraction of sp³-hybridized carbons (Fsp3) is 0.462. The van der Waals surface area contributed by atoms with Gasteiger partial charge in [-0.1, -0.05) is 24.3 Å². The van der Waals surface area contributed by atoms with Gasteiger partial charge >= 0.3 is 0 Å². The third-order valence-corrected chi connectivity index (χ3v) is 7.77. The maximum absolute atomic E-state index is 12.9. The normalized spacial score (nSPS) is 20.8. The van der Waals surface area contributed by atoms with E-state index in [2.05, 4.69) is 39.4 Å². The molecule has 2 unspecified atom stereocenters. The van der Waals surface area contributed by atoms with Crippen LogP contribution in [0.15, 0.2) is 48.5 Å². The topological polar surface area (TPSA) is 57.7 Å². The molecule has 1 amide bonds. The minimum absolute atomic E-state index is 0.0569. The minimum atomic E-state index is -0.141. The standard InChI is InChI=1S/C26H32N4O2S/c1-19(30-14-12-29(13-15-30)18-22-5-4-16-32-22)26(31)27-21-10-8-20(9-11-21)17-25-28-23-6-2-3-7-24(23)33-25/h2-3,6-11,19,22H,4-5,12-18H2,1H3,(H,27,31). The van der Waals surface area contributed by atoms with Gasteiger partial charge in [0.2, 0.25) is 5.91 Å². The van der Waals surface area contributed by atoms with Crippen LogP contribution < -0.4 is 5.32 Å². The number of rotatable bonds is 7. The van der Waals surface area contributed by atoms with Gasteiger partial charge in [-0.25, -0.2) is 4.98 Å². The van der Waals surface area contributed by atoms with Crippen LogP contribution in [0.3, 0.4) is 0 Å². The third-order valence-electron chi connectivity index (χ3n) is 6.73. The lowest BCUT2D eigenvalue weighted by Gasteiger charge is -2.38. The van der Waals surface area contributed by atoms with Crippen LogP contribution in [-0.4, -0.2) is 72.2 Å². The summed E-state index contributed by atoms with van der Waals surface area (Å²) in [4.78, 5) is 22.3. The molecule has 0 radical (unpaired) electrons. The Hall–Kier alpha value is -2.32. The zero-order valence-electron chi connectivity index (χ0n) is 19.2. The second-order valence-electron chi connectivity index (χ2n) is 9.09. The van der Waals surface area contributed by atoms with Crippen molar-refractivity contribution in [1.29, 1.82) is 0 Å². The first kappa shape index (κ1) is 22.5. The van der Waals surface area contributed by atoms with E-state index < -0.39 is 0 Å². The van der Waals surface area contributed by atoms with E-state index in [4.69, 9.17) is 9.72 Å². The highest BCUT2D eigenvalue weighted by Gasteiger charge is 2.27. The minimum Gasteiger partial charge on any atom is -0.377 e. The van der Waals surface area contributed by atoms with Crippen LogP contribution in [-0.2, 0) is 16.0 Å². The number of para-hydroxylation sites is 1. The van der Waals surface area contributed by atoms with Gasteiger partial charge in [0, 0.05) is 51.4 Å². The Bertz CT molecular complexity index is 1040. The number of hydrogen-bond acceptors (Lipinski definition) is 6. The molecular formula is C26H32N4O2S. The molecule has 2 atom stereocenters. The van der Waals surface area contributed by atoms with Gasteiger partial charge < -0.3 is 10.1 Å². The number of nitrogens with zero attached hydrogens (tertiary/aromatic N) is 3. The Labute approximate surface area is 199 Å². The largest absolute Gasteiger partial charge is 0.377 e. The van der Waals surface area contributed by atoms with Crippen molar-refractivity contribution in [3.05, 3.63) is 59.1 Å². The molecule has 2 aliphatic heterocycles. The number of ether oxygens (including phenoxy) is 1. The second kappa shape index (κ2) is 10.3. The van der Waals surface area contributed by atoms with Crippen LogP contribution in [0.4, 0.5) is 5.69 Å². The predicted octanol–water partition coefficient (Wildman–Crippen LogP) is 4.01. The summed E-state index contributed by atoms with van der Waals surface area (Å²) in [5.41, 5.74) is 3.10. The van der Waals surface area contributed by atoms with Crippen LogP contribution >= 0.6 is 11.3 Å². The molecule has 2 saturated heterocycles. The van der Waals surface area contributed by atoms with Gasteiger partial charge in [-0.05, 0) is 49.6 Å². The molecule has 7 heteroatoms. The number of hydrogen-bond donors (Lipinski definition) is 1. The zero-order chi connectivity index (χ0) is 22.6. The van der Waals surface area contributed by atoms with Crippen molar-refractivity contribution < 1.29 is 9.53 Å². The molecule has 0 aliphatic carbocycles. The van der Waals surface area contributed by atoms with Crippen molar-refractivity contribution in [3.8, 4) is 0 Å². The maximum atomic E-state index is 12.9. The van der Waals surface area contributed by atoms with Gasteiger partial charge in [-0.2, -0.15) is 0 Å². The zero-order valence-corrected chi connectivity index (χ0v) is 20.0. The summed E-state index contributed by atoms with van der Waals surface area (Å²) in [6, 6.07) is 16.2. The fourth-order valence-electron chi connectivity index (χ4n) is 4.70. The number of piperazine rings is 1. The van der Waals surface area contributed by atoms with Crippen LogP contribution in [0.2, 0.25) is 0 Å². The van der Waals surface area contributed by atoms with E-state index in [0.29, 0.717) is 6.10 Å². The van der Waals surface area contributed by atoms with E-state index in [-0.39, 0.29) is 11.9 Å². The van der Waals surface area contributed by atoms with Crippen molar-refractivity contribution in [1.82, 2.24) is 14.8 Å². The molecule has 2 aromatic carbocycles. The monoisotopic (exact) mass is 464 g/mol. The molecule has 0 spiro atoms. The number of nitrogens with one attached hydrogen (secondary N) is 1. The van der Waals surface area contributed by atoms with E-state index in [1.807, 2.05) is 31.2 Å². The highest BCUT2D eigenvalue weighted by molar-refractivity contribution is 7.18. The summed E-state index contributed by atoms with van der Waals surface area (Å²) in [5, 5.41) is 4.21. The van der Waals surface area contributed by atoms with E-state index in [1.54, 1.807) is 11.3 Å². The van der Waals surface area contributed by atoms with Gasteiger partial charge in [0.05, 0.1) is 27.4 Å². The number of thiazole rings is 1. The summed E-state index contributed by atoms with van der Waals surface area (Å²) >= 11 is 1.74. The molecule has 1 N–H and O–H groups in total. The first-order valence-electron chi connectivity index (χ1n) is 12.0. The molecule has 174 valence electrons. The Morgan fingerprint density at radius 2 is 1.94 bits per heavy atom. The molecule has 5 rings (SSSR count). The quantitative estimate of drug-likeness (QED) is 0.573. The van der Waals surface area contributed by atoms with E-state index in [1.165, 1.54) is 23.1 Å². The fourth-order valence-corrected chi connectivity index (χ4v) is 5.70. The molecule has 6 nitrogen and oxygen atoms in total. The molecule has 3 heterocycles. The van der Waals surface area contributed by atoms with E-state index in [0.717, 1.165) is 62.0 Å². The lowest BCUT2D eigenvalue weighted by atomic mass is 10.1. The van der Waals surface area contributed by atoms with Crippen molar-refractivity contribution in [3.63, 3.8) is 0 Å². The average molecular weight is 465 g/mol. The predicted molar refractivity (Wildman–Crippen MR) is 134 cm³/mol. The van der Waals surface area contributed by atoms with Crippen LogP contribution in [0.25, 0.3) is 10.2 Å². The van der Waals surface area contributed by atoms with E-state index >= 15 is 0 Å². The number of benzene rings is 2. The van der Waals surface area contributed by atoms with Crippen molar-refractivity contribution >= 4 is 33.1 Å². The first-order chi connectivity index (χ1) is 16.1. The SMILES string of the molecule is CC(C(=O)Nc1ccc(Cc2nc3ccccc3s2)cc1)N1CCN(CC2CCCO2)CC1. The summed E-state index contributed by atoms with van der Waals surface area (Å²) in [6.45, 7) is 7.77. The van der Waals surface area contributed by atoms with Crippen LogP contribution in [0.5, 0.6) is 0 Å². The van der Waals surface area contributed by atoms with Crippen LogP contribution in [0.1, 0.15) is 30.3 Å². The molecule has 0 saturated carbocycles. The van der Waals surface area contributed by atoms with E-state index in [9.17, 15) is 4.79 Å². The molecule has 0 bridgehead atoms. The summed E-state index contributed by atoms with van der Waals surface area (Å²) < 4.78 is 6.99. The smallest absolute Gasteiger partial charge is 0.241 e. The lowest BCUT2D eigenvalue weighted by molar-refractivity contribution is -0.121. The Balaban J connectivity index is 1.10. The van der Waals surface area contributed by atoms with Crippen LogP contribution in [0, 0.1) is 0 Å². The Morgan fingerprint density at radius 3 is 2.67 bits per heavy atom.